The Hall–Kier alpha value is -1.05. The molecule has 18 heavy (non-hydrogen) atoms. The molecule has 4 heteroatoms. The number of rotatable bonds is 2. The van der Waals surface area contributed by atoms with Gasteiger partial charge in [-0.3, -0.25) is 0 Å². The molecule has 0 amide bonds. The smallest absolute Gasteiger partial charge is 0.100 e. The average Bonchev–Trinajstić information content (AvgIpc) is 2.69. The maximum atomic E-state index is 8.90. The monoisotopic (exact) mass is 305 g/mol. The van der Waals surface area contributed by atoms with Crippen LogP contribution in [0, 0.1) is 11.3 Å². The molecule has 2 saturated heterocycles. The van der Waals surface area contributed by atoms with Gasteiger partial charge in [-0.2, -0.15) is 5.26 Å². The first kappa shape index (κ1) is 12.0. The number of nitriles is 1. The first-order valence-corrected chi connectivity index (χ1v) is 7.26. The number of anilines is 1. The van der Waals surface area contributed by atoms with Crippen LogP contribution in [0.5, 0.6) is 0 Å². The summed E-state index contributed by atoms with van der Waals surface area (Å²) in [6.45, 7) is 0. The van der Waals surface area contributed by atoms with Crippen LogP contribution in [0.4, 0.5) is 5.69 Å². The summed E-state index contributed by atoms with van der Waals surface area (Å²) in [5, 5.41) is 16.1. The van der Waals surface area contributed by atoms with Gasteiger partial charge in [-0.1, -0.05) is 0 Å². The second-order valence-corrected chi connectivity index (χ2v) is 6.11. The van der Waals surface area contributed by atoms with Crippen molar-refractivity contribution in [1.82, 2.24) is 5.32 Å². The van der Waals surface area contributed by atoms with Crippen LogP contribution in [0.15, 0.2) is 22.7 Å². The molecule has 0 saturated carbocycles. The number of hydrogen-bond acceptors (Lipinski definition) is 3. The van der Waals surface area contributed by atoms with E-state index in [1.807, 2.05) is 18.2 Å². The van der Waals surface area contributed by atoms with Gasteiger partial charge < -0.3 is 10.6 Å². The largest absolute Gasteiger partial charge is 0.382 e. The van der Waals surface area contributed by atoms with Crippen molar-refractivity contribution in [2.75, 3.05) is 5.32 Å². The lowest BCUT2D eigenvalue weighted by Crippen LogP contribution is -2.43. The number of nitrogens with one attached hydrogen (secondary N) is 2. The number of hydrogen-bond donors (Lipinski definition) is 2. The fourth-order valence-corrected chi connectivity index (χ4v) is 3.57. The summed E-state index contributed by atoms with van der Waals surface area (Å²) in [7, 11) is 0. The maximum absolute atomic E-state index is 8.90. The van der Waals surface area contributed by atoms with Gasteiger partial charge in [-0.05, 0) is 59.8 Å². The van der Waals surface area contributed by atoms with Crippen molar-refractivity contribution in [3.63, 3.8) is 0 Å². The van der Waals surface area contributed by atoms with Gasteiger partial charge in [0.05, 0.1) is 5.56 Å². The predicted molar refractivity (Wildman–Crippen MR) is 75.4 cm³/mol. The Labute approximate surface area is 116 Å². The minimum Gasteiger partial charge on any atom is -0.382 e. The zero-order valence-electron chi connectivity index (χ0n) is 10.1. The van der Waals surface area contributed by atoms with Crippen molar-refractivity contribution in [1.29, 1.82) is 5.26 Å². The van der Waals surface area contributed by atoms with Gasteiger partial charge >= 0.3 is 0 Å². The summed E-state index contributed by atoms with van der Waals surface area (Å²) >= 11 is 3.43. The lowest BCUT2D eigenvalue weighted by molar-refractivity contribution is 0.378. The Morgan fingerprint density at radius 1 is 1.28 bits per heavy atom. The normalized spacial score (nSPS) is 29.9. The van der Waals surface area contributed by atoms with Gasteiger partial charge in [0.25, 0.3) is 0 Å². The molecule has 2 N–H and O–H groups in total. The van der Waals surface area contributed by atoms with Crippen LogP contribution in [0.3, 0.4) is 0 Å². The van der Waals surface area contributed by atoms with E-state index in [9.17, 15) is 0 Å². The second-order valence-electron chi connectivity index (χ2n) is 5.26. The Morgan fingerprint density at radius 2 is 2.00 bits per heavy atom. The van der Waals surface area contributed by atoms with Crippen molar-refractivity contribution >= 4 is 21.6 Å². The van der Waals surface area contributed by atoms with Crippen LogP contribution < -0.4 is 10.6 Å². The highest BCUT2D eigenvalue weighted by atomic mass is 79.9. The van der Waals surface area contributed by atoms with E-state index in [-0.39, 0.29) is 0 Å². The molecule has 2 unspecified atom stereocenters. The number of nitrogens with zero attached hydrogens (tertiary/aromatic N) is 1. The molecular weight excluding hydrogens is 290 g/mol. The van der Waals surface area contributed by atoms with Crippen molar-refractivity contribution in [2.24, 2.45) is 0 Å². The molecule has 0 spiro atoms. The number of benzene rings is 1. The van der Waals surface area contributed by atoms with E-state index in [0.29, 0.717) is 23.7 Å². The molecule has 2 heterocycles. The Balaban J connectivity index is 1.69. The third-order valence-corrected chi connectivity index (χ3v) is 4.59. The topological polar surface area (TPSA) is 47.9 Å². The van der Waals surface area contributed by atoms with E-state index < -0.39 is 0 Å². The summed E-state index contributed by atoms with van der Waals surface area (Å²) in [4.78, 5) is 0. The standard InChI is InChI=1S/C14H16BrN3/c15-14-7-12(2-1-9(14)8-16)18-13-5-10-3-4-11(6-13)17-10/h1-2,7,10-11,13,17-18H,3-6H2. The summed E-state index contributed by atoms with van der Waals surface area (Å²) in [6, 6.07) is 9.98. The van der Waals surface area contributed by atoms with E-state index in [4.69, 9.17) is 5.26 Å². The molecule has 0 aromatic heterocycles. The first-order valence-electron chi connectivity index (χ1n) is 6.47. The Bertz CT molecular complexity index is 482. The van der Waals surface area contributed by atoms with Crippen LogP contribution >= 0.6 is 15.9 Å². The quantitative estimate of drug-likeness (QED) is 0.883. The molecule has 3 rings (SSSR count). The number of piperidine rings is 1. The van der Waals surface area contributed by atoms with E-state index in [0.717, 1.165) is 10.2 Å². The molecule has 0 radical (unpaired) electrons. The Morgan fingerprint density at radius 3 is 2.61 bits per heavy atom. The molecule has 1 aromatic carbocycles. The molecule has 2 atom stereocenters. The van der Waals surface area contributed by atoms with Gasteiger partial charge in [-0.15, -0.1) is 0 Å². The van der Waals surface area contributed by atoms with Gasteiger partial charge in [0, 0.05) is 28.3 Å². The van der Waals surface area contributed by atoms with Gasteiger partial charge in [0.1, 0.15) is 6.07 Å². The van der Waals surface area contributed by atoms with E-state index >= 15 is 0 Å². The molecule has 94 valence electrons. The SMILES string of the molecule is N#Cc1ccc(NC2CC3CCC(C2)N3)cc1Br. The number of fused-ring (bicyclic) bond motifs is 2. The van der Waals surface area contributed by atoms with E-state index in [1.165, 1.54) is 25.7 Å². The highest BCUT2D eigenvalue weighted by molar-refractivity contribution is 9.10. The summed E-state index contributed by atoms with van der Waals surface area (Å²) in [6.07, 6.45) is 5.04. The maximum Gasteiger partial charge on any atom is 0.100 e. The molecule has 2 bridgehead atoms. The fraction of sp³-hybridized carbons (Fsp3) is 0.500. The van der Waals surface area contributed by atoms with Crippen molar-refractivity contribution in [3.8, 4) is 6.07 Å². The summed E-state index contributed by atoms with van der Waals surface area (Å²) < 4.78 is 0.868. The van der Waals surface area contributed by atoms with E-state index in [2.05, 4.69) is 32.6 Å². The van der Waals surface area contributed by atoms with Gasteiger partial charge in [-0.25, -0.2) is 0 Å². The number of halogens is 1. The first-order chi connectivity index (χ1) is 8.74. The molecule has 2 fully saturated rings. The molecule has 0 aliphatic carbocycles. The summed E-state index contributed by atoms with van der Waals surface area (Å²) in [5.74, 6) is 0. The van der Waals surface area contributed by atoms with Crippen LogP contribution in [0.2, 0.25) is 0 Å². The van der Waals surface area contributed by atoms with Crippen LogP contribution in [-0.2, 0) is 0 Å². The molecule has 2 aliphatic heterocycles. The van der Waals surface area contributed by atoms with Crippen LogP contribution in [-0.4, -0.2) is 18.1 Å². The molecule has 2 aliphatic rings. The van der Waals surface area contributed by atoms with Gasteiger partial charge in [0.2, 0.25) is 0 Å². The highest BCUT2D eigenvalue weighted by Gasteiger charge is 2.33. The van der Waals surface area contributed by atoms with E-state index in [1.54, 1.807) is 0 Å². The molecule has 3 nitrogen and oxygen atoms in total. The minimum atomic E-state index is 0.559. The zero-order valence-corrected chi connectivity index (χ0v) is 11.7. The Kier molecular flexibility index (Phi) is 3.27. The fourth-order valence-electron chi connectivity index (χ4n) is 3.11. The second kappa shape index (κ2) is 4.91. The lowest BCUT2D eigenvalue weighted by Gasteiger charge is -2.30. The molecule has 1 aromatic rings. The van der Waals surface area contributed by atoms with Crippen molar-refractivity contribution < 1.29 is 0 Å². The lowest BCUT2D eigenvalue weighted by atomic mass is 9.99. The zero-order chi connectivity index (χ0) is 12.5. The molecular formula is C14H16BrN3. The van der Waals surface area contributed by atoms with Crippen LogP contribution in [0.1, 0.15) is 31.2 Å². The summed E-state index contributed by atoms with van der Waals surface area (Å²) in [5.41, 5.74) is 1.79. The van der Waals surface area contributed by atoms with Crippen LogP contribution in [0.25, 0.3) is 0 Å². The third-order valence-electron chi connectivity index (χ3n) is 3.93. The average molecular weight is 306 g/mol. The highest BCUT2D eigenvalue weighted by Crippen LogP contribution is 2.29. The predicted octanol–water partition coefficient (Wildman–Crippen LogP) is 3.02. The minimum absolute atomic E-state index is 0.559. The third kappa shape index (κ3) is 2.38. The van der Waals surface area contributed by atoms with Crippen molar-refractivity contribution in [2.45, 2.75) is 43.8 Å². The van der Waals surface area contributed by atoms with Gasteiger partial charge in [0.15, 0.2) is 0 Å². The van der Waals surface area contributed by atoms with Crippen molar-refractivity contribution in [3.05, 3.63) is 28.2 Å².